The number of ether oxygens (including phenoxy) is 2. The summed E-state index contributed by atoms with van der Waals surface area (Å²) >= 11 is 0. The van der Waals surface area contributed by atoms with E-state index in [-0.39, 0.29) is 13.2 Å². The van der Waals surface area contributed by atoms with Crippen molar-refractivity contribution < 1.29 is 37.3 Å². The number of carboxylic acid groups (broad SMARTS) is 1. The molecule has 0 aromatic heterocycles. The molecule has 126 valence electrons. The van der Waals surface area contributed by atoms with E-state index in [0.717, 1.165) is 12.1 Å². The first-order valence-corrected chi connectivity index (χ1v) is 6.31. The van der Waals surface area contributed by atoms with E-state index in [1.165, 1.54) is 6.08 Å². The number of carbonyl (C=O) groups excluding carboxylic acids is 1. The highest BCUT2D eigenvalue weighted by Crippen LogP contribution is 2.22. The Hall–Kier alpha value is -2.55. The van der Waals surface area contributed by atoms with Crippen molar-refractivity contribution in [2.45, 2.75) is 12.7 Å². The molecule has 1 rings (SSSR count). The van der Waals surface area contributed by atoms with Crippen molar-refractivity contribution in [1.29, 1.82) is 0 Å². The van der Waals surface area contributed by atoms with E-state index < -0.39 is 41.7 Å². The van der Waals surface area contributed by atoms with Gasteiger partial charge in [0.25, 0.3) is 5.91 Å². The number of aliphatic carboxylic acids is 1. The molecule has 0 saturated carbocycles. The zero-order valence-electron chi connectivity index (χ0n) is 11.8. The predicted molar refractivity (Wildman–Crippen MR) is 72.9 cm³/mol. The number of hydrogen-bond donors (Lipinski definition) is 2. The highest BCUT2D eigenvalue weighted by molar-refractivity contribution is 5.98. The van der Waals surface area contributed by atoms with Crippen LogP contribution in [0.25, 0.3) is 0 Å². The molecule has 0 heterocycles. The van der Waals surface area contributed by atoms with Crippen molar-refractivity contribution in [3.8, 4) is 5.75 Å². The van der Waals surface area contributed by atoms with E-state index in [4.69, 9.17) is 9.84 Å². The molecule has 1 aromatic carbocycles. The van der Waals surface area contributed by atoms with E-state index >= 15 is 0 Å². The van der Waals surface area contributed by atoms with Gasteiger partial charge in [0.15, 0.2) is 6.04 Å². The Morgan fingerprint density at radius 1 is 1.39 bits per heavy atom. The van der Waals surface area contributed by atoms with Crippen molar-refractivity contribution in [1.82, 2.24) is 5.32 Å². The van der Waals surface area contributed by atoms with E-state index in [1.807, 2.05) is 0 Å². The van der Waals surface area contributed by atoms with Gasteiger partial charge in [-0.3, -0.25) is 4.79 Å². The molecule has 0 radical (unpaired) electrons. The first-order chi connectivity index (χ1) is 10.8. The summed E-state index contributed by atoms with van der Waals surface area (Å²) in [7, 11) is 0. The summed E-state index contributed by atoms with van der Waals surface area (Å²) in [6.45, 7) is -0.190. The van der Waals surface area contributed by atoms with Crippen molar-refractivity contribution in [2.75, 3.05) is 13.2 Å². The first kappa shape index (κ1) is 18.5. The molecule has 6 nitrogen and oxygen atoms in total. The zero-order chi connectivity index (χ0) is 17.4. The van der Waals surface area contributed by atoms with E-state index in [9.17, 15) is 22.8 Å². The molecular weight excluding hydrogens is 319 g/mol. The minimum atomic E-state index is -3.27. The lowest BCUT2D eigenvalue weighted by Gasteiger charge is -2.16. The third kappa shape index (κ3) is 5.99. The van der Waals surface area contributed by atoms with Crippen LogP contribution in [-0.2, 0) is 9.53 Å². The Balaban J connectivity index is 2.90. The summed E-state index contributed by atoms with van der Waals surface area (Å²) in [5.41, 5.74) is -0.429. The summed E-state index contributed by atoms with van der Waals surface area (Å²) in [6.07, 6.45) is 1.38. The molecule has 0 bridgehead atoms. The van der Waals surface area contributed by atoms with Gasteiger partial charge in [0.05, 0.1) is 18.8 Å². The largest absolute Gasteiger partial charge is 0.480 e. The van der Waals surface area contributed by atoms with Gasteiger partial charge in [-0.2, -0.15) is 8.78 Å². The maximum Gasteiger partial charge on any atom is 0.387 e. The molecular formula is C14H14F3NO5. The van der Waals surface area contributed by atoms with Crippen LogP contribution in [0.15, 0.2) is 30.9 Å². The molecule has 0 spiro atoms. The molecule has 0 aliphatic rings. The van der Waals surface area contributed by atoms with Crippen LogP contribution in [0.3, 0.4) is 0 Å². The van der Waals surface area contributed by atoms with Crippen LogP contribution in [0.4, 0.5) is 13.2 Å². The lowest BCUT2D eigenvalue weighted by atomic mass is 10.1. The molecule has 0 aliphatic heterocycles. The molecule has 1 aromatic rings. The second-order valence-corrected chi connectivity index (χ2v) is 4.21. The van der Waals surface area contributed by atoms with Crippen molar-refractivity contribution in [3.05, 3.63) is 42.2 Å². The number of amides is 1. The third-order valence-electron chi connectivity index (χ3n) is 2.53. The molecule has 1 unspecified atom stereocenters. The van der Waals surface area contributed by atoms with Crippen molar-refractivity contribution >= 4 is 11.9 Å². The summed E-state index contributed by atoms with van der Waals surface area (Å²) in [4.78, 5) is 23.1. The van der Waals surface area contributed by atoms with E-state index in [2.05, 4.69) is 16.6 Å². The molecule has 23 heavy (non-hydrogen) atoms. The maximum absolute atomic E-state index is 13.1. The molecule has 0 fully saturated rings. The van der Waals surface area contributed by atoms with Crippen LogP contribution >= 0.6 is 0 Å². The number of carbonyl (C=O) groups is 2. The van der Waals surface area contributed by atoms with Crippen LogP contribution in [-0.4, -0.2) is 42.9 Å². The number of carboxylic acids is 1. The second-order valence-electron chi connectivity index (χ2n) is 4.21. The Morgan fingerprint density at radius 2 is 2.09 bits per heavy atom. The number of halogens is 3. The summed E-state index contributed by atoms with van der Waals surface area (Å²) in [6, 6.07) is 0.945. The highest BCUT2D eigenvalue weighted by Gasteiger charge is 2.23. The lowest BCUT2D eigenvalue weighted by molar-refractivity contribution is -0.140. The first-order valence-electron chi connectivity index (χ1n) is 6.31. The highest BCUT2D eigenvalue weighted by atomic mass is 19.3. The van der Waals surface area contributed by atoms with Gasteiger partial charge in [-0.25, -0.2) is 9.18 Å². The number of benzene rings is 1. The second kappa shape index (κ2) is 8.79. The van der Waals surface area contributed by atoms with Gasteiger partial charge in [-0.05, 0) is 12.1 Å². The van der Waals surface area contributed by atoms with Crippen LogP contribution in [0.1, 0.15) is 10.4 Å². The molecule has 0 aliphatic carbocycles. The van der Waals surface area contributed by atoms with Crippen molar-refractivity contribution in [3.63, 3.8) is 0 Å². The molecule has 2 N–H and O–H groups in total. The molecule has 0 saturated heterocycles. The fourth-order valence-electron chi connectivity index (χ4n) is 1.56. The Labute approximate surface area is 129 Å². The van der Waals surface area contributed by atoms with Crippen molar-refractivity contribution in [2.24, 2.45) is 0 Å². The quantitative estimate of drug-likeness (QED) is 0.532. The third-order valence-corrected chi connectivity index (χ3v) is 2.53. The van der Waals surface area contributed by atoms with E-state index in [0.29, 0.717) is 6.07 Å². The van der Waals surface area contributed by atoms with Gasteiger partial charge in [0, 0.05) is 6.07 Å². The van der Waals surface area contributed by atoms with Gasteiger partial charge in [0.2, 0.25) is 0 Å². The summed E-state index contributed by atoms with van der Waals surface area (Å²) in [5.74, 6) is -3.99. The smallest absolute Gasteiger partial charge is 0.387 e. The predicted octanol–water partition coefficient (Wildman–Crippen LogP) is 1.81. The van der Waals surface area contributed by atoms with Gasteiger partial charge < -0.3 is 19.9 Å². The monoisotopic (exact) mass is 333 g/mol. The van der Waals surface area contributed by atoms with Crippen LogP contribution in [0, 0.1) is 5.82 Å². The molecule has 9 heteroatoms. The van der Waals surface area contributed by atoms with Gasteiger partial charge in [-0.1, -0.05) is 6.08 Å². The normalized spacial score (nSPS) is 11.8. The lowest BCUT2D eigenvalue weighted by Crippen LogP contribution is -2.44. The van der Waals surface area contributed by atoms with Crippen LogP contribution < -0.4 is 10.1 Å². The fourth-order valence-corrected chi connectivity index (χ4v) is 1.56. The summed E-state index contributed by atoms with van der Waals surface area (Å²) < 4.78 is 46.7. The number of hydrogen-bond acceptors (Lipinski definition) is 4. The number of nitrogens with one attached hydrogen (secondary N) is 1. The van der Waals surface area contributed by atoms with Gasteiger partial charge in [0.1, 0.15) is 11.6 Å². The minimum absolute atomic E-state index is 0.0654. The Bertz CT molecular complexity index is 580. The topological polar surface area (TPSA) is 84.9 Å². The molecule has 1 atom stereocenters. The maximum atomic E-state index is 13.1. The standard InChI is InChI=1S/C14H14F3NO5/c1-2-5-22-7-10(13(20)21)18-12(19)9-4-3-8(15)6-11(9)23-14(16)17/h2-4,6,10,14H,1,5,7H2,(H,18,19)(H,20,21). The number of alkyl halides is 2. The van der Waals surface area contributed by atoms with E-state index in [1.54, 1.807) is 0 Å². The Morgan fingerprint density at radius 3 is 2.65 bits per heavy atom. The van der Waals surface area contributed by atoms with Crippen LogP contribution in [0.5, 0.6) is 5.75 Å². The van der Waals surface area contributed by atoms with Gasteiger partial charge >= 0.3 is 12.6 Å². The van der Waals surface area contributed by atoms with Crippen LogP contribution in [0.2, 0.25) is 0 Å². The average molecular weight is 333 g/mol. The number of rotatable bonds is 9. The average Bonchev–Trinajstić information content (AvgIpc) is 2.45. The fraction of sp³-hybridized carbons (Fsp3) is 0.286. The summed E-state index contributed by atoms with van der Waals surface area (Å²) in [5, 5.41) is 11.1. The zero-order valence-corrected chi connectivity index (χ0v) is 11.8. The molecule has 1 amide bonds. The SMILES string of the molecule is C=CCOCC(NC(=O)c1ccc(F)cc1OC(F)F)C(=O)O. The minimum Gasteiger partial charge on any atom is -0.480 e. The van der Waals surface area contributed by atoms with Gasteiger partial charge in [-0.15, -0.1) is 6.58 Å². The Kier molecular flexibility index (Phi) is 7.07.